The highest BCUT2D eigenvalue weighted by Crippen LogP contribution is 2.34. The highest BCUT2D eigenvalue weighted by Gasteiger charge is 2.20. The van der Waals surface area contributed by atoms with E-state index in [2.05, 4.69) is 9.88 Å². The molecule has 4 nitrogen and oxygen atoms in total. The largest absolute Gasteiger partial charge is 0.490 e. The van der Waals surface area contributed by atoms with Crippen molar-refractivity contribution in [1.82, 2.24) is 9.88 Å². The van der Waals surface area contributed by atoms with Crippen molar-refractivity contribution in [2.24, 2.45) is 0 Å². The molecule has 1 aliphatic heterocycles. The van der Waals surface area contributed by atoms with Crippen molar-refractivity contribution >= 4 is 28.8 Å². The number of hydrogen-bond donors (Lipinski definition) is 0. The van der Waals surface area contributed by atoms with Crippen molar-refractivity contribution in [1.29, 1.82) is 0 Å². The summed E-state index contributed by atoms with van der Waals surface area (Å²) in [5.74, 6) is 0.875. The number of piperidine rings is 1. The molecule has 0 unspecified atom stereocenters. The Labute approximate surface area is 170 Å². The lowest BCUT2D eigenvalue weighted by molar-refractivity contribution is -0.108. The van der Waals surface area contributed by atoms with Crippen LogP contribution in [0.15, 0.2) is 54.7 Å². The molecule has 0 N–H and O–H groups in total. The fourth-order valence-electron chi connectivity index (χ4n) is 3.70. The van der Waals surface area contributed by atoms with E-state index in [0.717, 1.165) is 71.6 Å². The molecule has 3 aromatic rings. The Hall–Kier alpha value is -2.43. The summed E-state index contributed by atoms with van der Waals surface area (Å²) in [5.41, 5.74) is 2.85. The number of benzene rings is 2. The Morgan fingerprint density at radius 3 is 2.61 bits per heavy atom. The molecular formula is C23H23ClN2O2. The zero-order valence-electron chi connectivity index (χ0n) is 15.7. The van der Waals surface area contributed by atoms with Gasteiger partial charge >= 0.3 is 0 Å². The third kappa shape index (κ3) is 4.18. The van der Waals surface area contributed by atoms with E-state index in [1.54, 1.807) is 0 Å². The Kier molecular flexibility index (Phi) is 5.89. The van der Waals surface area contributed by atoms with Gasteiger partial charge in [-0.15, -0.1) is 0 Å². The SMILES string of the molecule is O=CCCN1CCC(Oc2ccc(-c3cnc4ccccc4c3Cl)cc2)CC1. The van der Waals surface area contributed by atoms with Gasteiger partial charge in [-0.2, -0.15) is 0 Å². The predicted octanol–water partition coefficient (Wildman–Crippen LogP) is 4.99. The Balaban J connectivity index is 1.42. The van der Waals surface area contributed by atoms with Crippen molar-refractivity contribution in [3.8, 4) is 16.9 Å². The van der Waals surface area contributed by atoms with Crippen LogP contribution in [0, 0.1) is 0 Å². The highest BCUT2D eigenvalue weighted by atomic mass is 35.5. The summed E-state index contributed by atoms with van der Waals surface area (Å²) in [6.07, 6.45) is 5.63. The standard InChI is InChI=1S/C23H23ClN2O2/c24-23-20-4-1-2-5-22(20)25-16-21(23)17-6-8-18(9-7-17)28-19-10-13-26(14-11-19)12-3-15-27/h1-2,4-9,15-16,19H,3,10-14H2. The molecule has 5 heteroatoms. The van der Waals surface area contributed by atoms with E-state index in [4.69, 9.17) is 16.3 Å². The average Bonchev–Trinajstić information content (AvgIpc) is 2.74. The maximum absolute atomic E-state index is 10.5. The number of hydrogen-bond acceptors (Lipinski definition) is 4. The summed E-state index contributed by atoms with van der Waals surface area (Å²) in [4.78, 5) is 17.4. The van der Waals surface area contributed by atoms with Gasteiger partial charge < -0.3 is 14.4 Å². The molecule has 144 valence electrons. The van der Waals surface area contributed by atoms with Crippen LogP contribution in [0.4, 0.5) is 0 Å². The molecule has 4 rings (SSSR count). The number of aromatic nitrogens is 1. The van der Waals surface area contributed by atoms with Gasteiger partial charge in [-0.05, 0) is 36.6 Å². The summed E-state index contributed by atoms with van der Waals surface area (Å²) in [6, 6.07) is 16.0. The van der Waals surface area contributed by atoms with Gasteiger partial charge in [0, 0.05) is 43.2 Å². The van der Waals surface area contributed by atoms with E-state index < -0.39 is 0 Å². The van der Waals surface area contributed by atoms with Crippen molar-refractivity contribution in [2.45, 2.75) is 25.4 Å². The predicted molar refractivity (Wildman–Crippen MR) is 113 cm³/mol. The van der Waals surface area contributed by atoms with E-state index in [-0.39, 0.29) is 6.10 Å². The molecule has 0 radical (unpaired) electrons. The third-order valence-electron chi connectivity index (χ3n) is 5.28. The minimum absolute atomic E-state index is 0.226. The zero-order chi connectivity index (χ0) is 19.3. The molecule has 0 aliphatic carbocycles. The van der Waals surface area contributed by atoms with Gasteiger partial charge in [0.1, 0.15) is 18.1 Å². The number of nitrogens with zero attached hydrogens (tertiary/aromatic N) is 2. The second-order valence-electron chi connectivity index (χ2n) is 7.14. The van der Waals surface area contributed by atoms with Gasteiger partial charge in [-0.1, -0.05) is 41.9 Å². The fraction of sp³-hybridized carbons (Fsp3) is 0.304. The summed E-state index contributed by atoms with van der Waals surface area (Å²) in [5, 5.41) is 1.69. The first kappa shape index (κ1) is 18.9. The first-order chi connectivity index (χ1) is 13.7. The van der Waals surface area contributed by atoms with Crippen LogP contribution in [0.1, 0.15) is 19.3 Å². The number of aldehydes is 1. The molecule has 0 amide bonds. The van der Waals surface area contributed by atoms with Crippen LogP contribution in [-0.4, -0.2) is 41.9 Å². The van der Waals surface area contributed by atoms with E-state index in [0.29, 0.717) is 6.42 Å². The molecule has 1 aliphatic rings. The fourth-order valence-corrected chi connectivity index (χ4v) is 4.02. The Bertz CT molecular complexity index is 950. The van der Waals surface area contributed by atoms with Crippen LogP contribution >= 0.6 is 11.6 Å². The van der Waals surface area contributed by atoms with Crippen molar-refractivity contribution in [3.05, 3.63) is 59.8 Å². The topological polar surface area (TPSA) is 42.4 Å². The van der Waals surface area contributed by atoms with E-state index >= 15 is 0 Å². The van der Waals surface area contributed by atoms with Crippen LogP contribution in [0.5, 0.6) is 5.75 Å². The highest BCUT2D eigenvalue weighted by molar-refractivity contribution is 6.38. The third-order valence-corrected chi connectivity index (χ3v) is 5.68. The van der Waals surface area contributed by atoms with E-state index in [1.807, 2.05) is 54.7 Å². The number of carbonyl (C=O) groups excluding carboxylic acids is 1. The maximum Gasteiger partial charge on any atom is 0.121 e. The van der Waals surface area contributed by atoms with Gasteiger partial charge in [0.25, 0.3) is 0 Å². The number of ether oxygens (including phenoxy) is 1. The Morgan fingerprint density at radius 2 is 1.86 bits per heavy atom. The summed E-state index contributed by atoms with van der Waals surface area (Å²) in [7, 11) is 0. The number of halogens is 1. The molecular weight excluding hydrogens is 372 g/mol. The first-order valence-electron chi connectivity index (χ1n) is 9.71. The average molecular weight is 395 g/mol. The molecule has 1 aromatic heterocycles. The number of likely N-dealkylation sites (tertiary alicyclic amines) is 1. The lowest BCUT2D eigenvalue weighted by Crippen LogP contribution is -2.38. The van der Waals surface area contributed by atoms with Gasteiger partial charge in [-0.3, -0.25) is 4.98 Å². The molecule has 1 fully saturated rings. The number of pyridine rings is 1. The molecule has 2 heterocycles. The van der Waals surface area contributed by atoms with Gasteiger partial charge in [0.05, 0.1) is 10.5 Å². The summed E-state index contributed by atoms with van der Waals surface area (Å²) in [6.45, 7) is 2.81. The van der Waals surface area contributed by atoms with E-state index in [1.165, 1.54) is 0 Å². The second-order valence-corrected chi connectivity index (χ2v) is 7.52. The minimum atomic E-state index is 0.226. The lowest BCUT2D eigenvalue weighted by atomic mass is 10.0. The van der Waals surface area contributed by atoms with Crippen molar-refractivity contribution in [2.75, 3.05) is 19.6 Å². The van der Waals surface area contributed by atoms with Crippen LogP contribution in [0.2, 0.25) is 5.02 Å². The smallest absolute Gasteiger partial charge is 0.121 e. The molecule has 28 heavy (non-hydrogen) atoms. The lowest BCUT2D eigenvalue weighted by Gasteiger charge is -2.31. The Morgan fingerprint density at radius 1 is 1.11 bits per heavy atom. The van der Waals surface area contributed by atoms with Crippen LogP contribution in [0.25, 0.3) is 22.0 Å². The van der Waals surface area contributed by atoms with Crippen LogP contribution in [-0.2, 0) is 4.79 Å². The molecule has 0 spiro atoms. The van der Waals surface area contributed by atoms with Crippen molar-refractivity contribution < 1.29 is 9.53 Å². The molecule has 2 aromatic carbocycles. The number of para-hydroxylation sites is 1. The number of fused-ring (bicyclic) bond motifs is 1. The van der Waals surface area contributed by atoms with Gasteiger partial charge in [0.2, 0.25) is 0 Å². The monoisotopic (exact) mass is 394 g/mol. The number of carbonyl (C=O) groups is 1. The normalized spacial score (nSPS) is 15.6. The second kappa shape index (κ2) is 8.72. The van der Waals surface area contributed by atoms with Crippen LogP contribution < -0.4 is 4.74 Å². The molecule has 0 saturated carbocycles. The molecule has 1 saturated heterocycles. The minimum Gasteiger partial charge on any atom is -0.490 e. The van der Waals surface area contributed by atoms with Gasteiger partial charge in [-0.25, -0.2) is 0 Å². The quantitative estimate of drug-likeness (QED) is 0.552. The van der Waals surface area contributed by atoms with E-state index in [9.17, 15) is 4.79 Å². The first-order valence-corrected chi connectivity index (χ1v) is 10.1. The summed E-state index contributed by atoms with van der Waals surface area (Å²) < 4.78 is 6.15. The molecule has 0 atom stereocenters. The summed E-state index contributed by atoms with van der Waals surface area (Å²) >= 11 is 6.62. The van der Waals surface area contributed by atoms with Gasteiger partial charge in [0.15, 0.2) is 0 Å². The maximum atomic E-state index is 10.5. The van der Waals surface area contributed by atoms with Crippen molar-refractivity contribution in [3.63, 3.8) is 0 Å². The molecule has 0 bridgehead atoms. The zero-order valence-corrected chi connectivity index (χ0v) is 16.4. The van der Waals surface area contributed by atoms with Crippen LogP contribution in [0.3, 0.4) is 0 Å². The number of rotatable bonds is 6.